The molecule has 0 aliphatic carbocycles. The van der Waals surface area contributed by atoms with Gasteiger partial charge in [-0.1, -0.05) is 44.2 Å². The molecule has 2 rings (SSSR count). The molecule has 1 aliphatic rings. The van der Waals surface area contributed by atoms with Crippen LogP contribution in [0.2, 0.25) is 0 Å². The lowest BCUT2D eigenvalue weighted by atomic mass is 9.81. The van der Waals surface area contributed by atoms with Crippen molar-refractivity contribution in [3.05, 3.63) is 35.9 Å². The average Bonchev–Trinajstić information content (AvgIpc) is 3.25. The molecule has 0 radical (unpaired) electrons. The Bertz CT molecular complexity index is 781. The molecule has 0 aromatic heterocycles. The van der Waals surface area contributed by atoms with E-state index in [9.17, 15) is 19.2 Å². The third-order valence-electron chi connectivity index (χ3n) is 5.50. The van der Waals surface area contributed by atoms with Gasteiger partial charge in [0.25, 0.3) is 0 Å². The van der Waals surface area contributed by atoms with E-state index in [1.165, 1.54) is 0 Å². The van der Waals surface area contributed by atoms with Gasteiger partial charge in [0.2, 0.25) is 5.91 Å². The fourth-order valence-corrected chi connectivity index (χ4v) is 3.90. The third-order valence-corrected chi connectivity index (χ3v) is 5.77. The van der Waals surface area contributed by atoms with Crippen LogP contribution in [0.25, 0.3) is 0 Å². The van der Waals surface area contributed by atoms with E-state index in [2.05, 4.69) is 16.0 Å². The summed E-state index contributed by atoms with van der Waals surface area (Å²) >= 11 is 5.76. The molecule has 176 valence electrons. The zero-order valence-corrected chi connectivity index (χ0v) is 19.3. The molecule has 3 N–H and O–H groups in total. The zero-order valence-electron chi connectivity index (χ0n) is 18.6. The molecule has 1 aliphatic heterocycles. The lowest BCUT2D eigenvalue weighted by Crippen LogP contribution is -2.53. The van der Waals surface area contributed by atoms with E-state index in [-0.39, 0.29) is 30.6 Å². The van der Waals surface area contributed by atoms with Crippen molar-refractivity contribution in [2.75, 3.05) is 19.0 Å². The van der Waals surface area contributed by atoms with E-state index in [0.717, 1.165) is 11.8 Å². The largest absolute Gasteiger partial charge is 0.445 e. The average molecular weight is 466 g/mol. The minimum absolute atomic E-state index is 0.0743. The fourth-order valence-electron chi connectivity index (χ4n) is 3.71. The zero-order chi connectivity index (χ0) is 23.6. The van der Waals surface area contributed by atoms with Gasteiger partial charge < -0.3 is 25.5 Å². The van der Waals surface area contributed by atoms with Gasteiger partial charge in [0.15, 0.2) is 5.78 Å². The fraction of sp³-hybridized carbons (Fsp3) is 0.565. The molecule has 3 atom stereocenters. The summed E-state index contributed by atoms with van der Waals surface area (Å²) in [4.78, 5) is 49.4. The van der Waals surface area contributed by atoms with E-state index >= 15 is 0 Å². The van der Waals surface area contributed by atoms with Crippen LogP contribution in [0.15, 0.2) is 30.3 Å². The number of Topliss-reactive ketones (excluding diaryl/α,β-unsaturated/α-hetero) is 1. The second-order valence-electron chi connectivity index (χ2n) is 8.66. The third kappa shape index (κ3) is 7.91. The number of alkyl carbamates (subject to hydrolysis) is 1. The molecule has 1 aromatic carbocycles. The first-order valence-electron chi connectivity index (χ1n) is 10.8. The highest BCUT2D eigenvalue weighted by Crippen LogP contribution is 2.29. The highest BCUT2D eigenvalue weighted by molar-refractivity contribution is 6.28. The molecular formula is C23H32ClN3O5. The van der Waals surface area contributed by atoms with Gasteiger partial charge in [0.1, 0.15) is 18.9 Å². The predicted octanol–water partition coefficient (Wildman–Crippen LogP) is 2.19. The number of ketones is 1. The van der Waals surface area contributed by atoms with Crippen LogP contribution < -0.4 is 16.0 Å². The van der Waals surface area contributed by atoms with E-state index in [1.54, 1.807) is 0 Å². The van der Waals surface area contributed by atoms with Gasteiger partial charge in [-0.25, -0.2) is 4.79 Å². The molecule has 0 spiro atoms. The van der Waals surface area contributed by atoms with Crippen molar-refractivity contribution in [1.29, 1.82) is 0 Å². The van der Waals surface area contributed by atoms with Crippen LogP contribution in [0.3, 0.4) is 0 Å². The first kappa shape index (κ1) is 25.8. The highest BCUT2D eigenvalue weighted by atomic mass is 35.5. The van der Waals surface area contributed by atoms with Crippen LogP contribution >= 0.6 is 11.6 Å². The van der Waals surface area contributed by atoms with Crippen LogP contribution in [0.1, 0.15) is 38.7 Å². The molecular weight excluding hydrogens is 434 g/mol. The van der Waals surface area contributed by atoms with Crippen molar-refractivity contribution in [2.24, 2.45) is 11.3 Å². The van der Waals surface area contributed by atoms with Crippen LogP contribution in [0.5, 0.6) is 0 Å². The number of carbonyl (C=O) groups is 4. The lowest BCUT2D eigenvalue weighted by Gasteiger charge is -2.28. The predicted molar refractivity (Wildman–Crippen MR) is 121 cm³/mol. The second-order valence-corrected chi connectivity index (χ2v) is 8.93. The van der Waals surface area contributed by atoms with Crippen LogP contribution in [-0.4, -0.2) is 55.1 Å². The van der Waals surface area contributed by atoms with Gasteiger partial charge in [-0.3, -0.25) is 9.59 Å². The number of rotatable bonds is 12. The van der Waals surface area contributed by atoms with Crippen molar-refractivity contribution in [2.45, 2.75) is 51.8 Å². The maximum absolute atomic E-state index is 13.0. The van der Waals surface area contributed by atoms with Crippen LogP contribution in [0.4, 0.5) is 4.79 Å². The number of hydrogen-bond acceptors (Lipinski definition) is 6. The smallest absolute Gasteiger partial charge is 0.408 e. The number of halogens is 1. The number of ether oxygens (including phenoxy) is 1. The molecule has 1 fully saturated rings. The Kier molecular flexibility index (Phi) is 10.1. The van der Waals surface area contributed by atoms with Gasteiger partial charge in [0, 0.05) is 12.0 Å². The summed E-state index contributed by atoms with van der Waals surface area (Å²) in [6, 6.07) is 7.39. The Morgan fingerprint density at radius 2 is 1.91 bits per heavy atom. The molecule has 1 aromatic rings. The summed E-state index contributed by atoms with van der Waals surface area (Å²) in [6.45, 7) is 5.02. The summed E-state index contributed by atoms with van der Waals surface area (Å²) in [5, 5.41) is 8.43. The number of hydrogen-bond donors (Lipinski definition) is 3. The van der Waals surface area contributed by atoms with E-state index < -0.39 is 29.5 Å². The maximum Gasteiger partial charge on any atom is 0.408 e. The van der Waals surface area contributed by atoms with Gasteiger partial charge in [-0.15, -0.1) is 11.6 Å². The molecule has 9 heteroatoms. The van der Waals surface area contributed by atoms with Crippen molar-refractivity contribution >= 4 is 35.7 Å². The SMILES string of the molecule is CC(C)C[C@H](NC(=O)OCc1ccccc1)C(=O)N[C@@H](C[C@@]1(C=O)CCNC1)C(=O)CCl. The number of carbonyl (C=O) groups excluding carboxylic acids is 4. The quantitative estimate of drug-likeness (QED) is 0.322. The number of nitrogens with one attached hydrogen (secondary N) is 3. The maximum atomic E-state index is 13.0. The van der Waals surface area contributed by atoms with Crippen molar-refractivity contribution < 1.29 is 23.9 Å². The molecule has 32 heavy (non-hydrogen) atoms. The minimum atomic E-state index is -0.915. The second kappa shape index (κ2) is 12.6. The molecule has 1 heterocycles. The Labute approximate surface area is 193 Å². The van der Waals surface area contributed by atoms with Crippen LogP contribution in [0, 0.1) is 11.3 Å². The van der Waals surface area contributed by atoms with E-state index in [0.29, 0.717) is 25.9 Å². The standard InChI is InChI=1S/C23H32ClN3O5/c1-16(2)10-18(27-22(31)32-13-17-6-4-3-5-7-17)21(30)26-19(20(29)12-24)11-23(15-28)8-9-25-14-23/h3-7,15-16,18-19,25H,8-14H2,1-2H3,(H,26,30)(H,27,31)/t18-,19-,23-/m0/s1. The Hall–Kier alpha value is -2.45. The Morgan fingerprint density at radius 1 is 1.19 bits per heavy atom. The molecule has 8 nitrogen and oxygen atoms in total. The molecule has 2 amide bonds. The highest BCUT2D eigenvalue weighted by Gasteiger charge is 2.39. The normalized spacial score (nSPS) is 19.8. The molecule has 0 unspecified atom stereocenters. The van der Waals surface area contributed by atoms with Crippen molar-refractivity contribution in [3.8, 4) is 0 Å². The number of amides is 2. The van der Waals surface area contributed by atoms with Gasteiger partial charge in [-0.05, 0) is 37.3 Å². The first-order chi connectivity index (χ1) is 15.3. The Balaban J connectivity index is 2.03. The number of aldehydes is 1. The first-order valence-corrected chi connectivity index (χ1v) is 11.4. The lowest BCUT2D eigenvalue weighted by molar-refractivity contribution is -0.129. The number of alkyl halides is 1. The van der Waals surface area contributed by atoms with Crippen molar-refractivity contribution in [3.63, 3.8) is 0 Å². The monoisotopic (exact) mass is 465 g/mol. The summed E-state index contributed by atoms with van der Waals surface area (Å²) in [6.07, 6.45) is 1.22. The molecule has 1 saturated heterocycles. The summed E-state index contributed by atoms with van der Waals surface area (Å²) in [5.74, 6) is -1.06. The van der Waals surface area contributed by atoms with Crippen LogP contribution in [-0.2, 0) is 25.7 Å². The minimum Gasteiger partial charge on any atom is -0.445 e. The summed E-state index contributed by atoms with van der Waals surface area (Å²) in [5.41, 5.74) is 0.0968. The topological polar surface area (TPSA) is 114 Å². The van der Waals surface area contributed by atoms with Gasteiger partial charge in [-0.2, -0.15) is 0 Å². The van der Waals surface area contributed by atoms with E-state index in [1.807, 2.05) is 44.2 Å². The molecule has 0 bridgehead atoms. The number of benzene rings is 1. The summed E-state index contributed by atoms with van der Waals surface area (Å²) < 4.78 is 5.23. The summed E-state index contributed by atoms with van der Waals surface area (Å²) in [7, 11) is 0. The van der Waals surface area contributed by atoms with Gasteiger partial charge >= 0.3 is 6.09 Å². The Morgan fingerprint density at radius 3 is 2.47 bits per heavy atom. The van der Waals surface area contributed by atoms with Gasteiger partial charge in [0.05, 0.1) is 11.9 Å². The van der Waals surface area contributed by atoms with Crippen molar-refractivity contribution in [1.82, 2.24) is 16.0 Å². The molecule has 0 saturated carbocycles. The van der Waals surface area contributed by atoms with E-state index in [4.69, 9.17) is 16.3 Å².